The highest BCUT2D eigenvalue weighted by Crippen LogP contribution is 2.22. The highest BCUT2D eigenvalue weighted by molar-refractivity contribution is 5.88. The monoisotopic (exact) mass is 370 g/mol. The van der Waals surface area contributed by atoms with Crippen molar-refractivity contribution in [2.45, 2.75) is 25.4 Å². The lowest BCUT2D eigenvalue weighted by molar-refractivity contribution is 0.196. The summed E-state index contributed by atoms with van der Waals surface area (Å²) in [5, 5.41) is 7.36. The van der Waals surface area contributed by atoms with E-state index in [-0.39, 0.29) is 12.1 Å². The molecule has 27 heavy (non-hydrogen) atoms. The van der Waals surface area contributed by atoms with E-state index in [4.69, 9.17) is 0 Å². The normalized spacial score (nSPS) is 17.2. The zero-order valence-corrected chi connectivity index (χ0v) is 16.5. The van der Waals surface area contributed by atoms with Gasteiger partial charge in [-0.25, -0.2) is 4.79 Å². The van der Waals surface area contributed by atoms with Crippen LogP contribution in [-0.4, -0.2) is 72.4 Å². The zero-order chi connectivity index (χ0) is 19.2. The summed E-state index contributed by atoms with van der Waals surface area (Å²) in [7, 11) is 5.94. The maximum absolute atomic E-state index is 12.7. The van der Waals surface area contributed by atoms with E-state index in [2.05, 4.69) is 44.5 Å². The van der Waals surface area contributed by atoms with Crippen LogP contribution in [0.25, 0.3) is 0 Å². The van der Waals surface area contributed by atoms with Gasteiger partial charge in [0.1, 0.15) is 0 Å². The first-order chi connectivity index (χ1) is 13.0. The van der Waals surface area contributed by atoms with Crippen molar-refractivity contribution >= 4 is 17.5 Å². The number of hydrogen-bond acceptors (Lipinski definition) is 4. The molecule has 0 bridgehead atoms. The molecule has 1 aromatic carbocycles. The van der Waals surface area contributed by atoms with E-state index in [1.165, 1.54) is 5.69 Å². The third-order valence-electron chi connectivity index (χ3n) is 5.04. The Labute approximate surface area is 161 Å². The van der Waals surface area contributed by atoms with E-state index in [9.17, 15) is 4.79 Å². The van der Waals surface area contributed by atoms with Crippen LogP contribution in [0.3, 0.4) is 0 Å². The molecule has 0 aliphatic carbocycles. The van der Waals surface area contributed by atoms with Crippen molar-refractivity contribution in [2.75, 3.05) is 51.0 Å². The van der Waals surface area contributed by atoms with E-state index in [0.29, 0.717) is 5.82 Å². The number of nitrogens with one attached hydrogen (secondary N) is 1. The first kappa shape index (κ1) is 19.2. The molecule has 1 aliphatic rings. The molecule has 0 spiro atoms. The molecule has 2 aromatic rings. The summed E-state index contributed by atoms with van der Waals surface area (Å²) in [5.41, 5.74) is 1.22. The largest absolute Gasteiger partial charge is 0.369 e. The summed E-state index contributed by atoms with van der Waals surface area (Å²) in [4.78, 5) is 18.9. The fourth-order valence-corrected chi connectivity index (χ4v) is 3.36. The van der Waals surface area contributed by atoms with E-state index in [0.717, 1.165) is 39.0 Å². The van der Waals surface area contributed by atoms with Crippen LogP contribution in [0.1, 0.15) is 12.8 Å². The van der Waals surface area contributed by atoms with Gasteiger partial charge < -0.3 is 14.7 Å². The number of carbonyl (C=O) groups is 1. The number of hydrogen-bond donors (Lipinski definition) is 1. The van der Waals surface area contributed by atoms with Gasteiger partial charge in [-0.05, 0) is 39.1 Å². The van der Waals surface area contributed by atoms with E-state index >= 15 is 0 Å². The SMILES string of the molecule is CN(C)CCn1ccc(NC(=O)N(C)C2CCCN(c3ccccc3)C2)n1. The molecule has 1 saturated heterocycles. The highest BCUT2D eigenvalue weighted by atomic mass is 16.2. The average Bonchev–Trinajstić information content (AvgIpc) is 3.14. The molecule has 2 amide bonds. The van der Waals surface area contributed by atoms with Crippen molar-refractivity contribution < 1.29 is 4.79 Å². The second kappa shape index (κ2) is 8.90. The van der Waals surface area contributed by atoms with Gasteiger partial charge in [-0.1, -0.05) is 18.2 Å². The van der Waals surface area contributed by atoms with Crippen molar-refractivity contribution in [1.82, 2.24) is 19.6 Å². The lowest BCUT2D eigenvalue weighted by Gasteiger charge is -2.38. The van der Waals surface area contributed by atoms with Gasteiger partial charge in [0.05, 0.1) is 12.6 Å². The van der Waals surface area contributed by atoms with Crippen molar-refractivity contribution in [1.29, 1.82) is 0 Å². The smallest absolute Gasteiger partial charge is 0.323 e. The molecule has 7 heteroatoms. The molecule has 1 fully saturated rings. The Bertz CT molecular complexity index is 729. The van der Waals surface area contributed by atoms with Gasteiger partial charge >= 0.3 is 6.03 Å². The van der Waals surface area contributed by atoms with Gasteiger partial charge in [0.25, 0.3) is 0 Å². The highest BCUT2D eigenvalue weighted by Gasteiger charge is 2.26. The molecule has 7 nitrogen and oxygen atoms in total. The topological polar surface area (TPSA) is 56.6 Å². The second-order valence-corrected chi connectivity index (χ2v) is 7.39. The van der Waals surface area contributed by atoms with E-state index in [1.54, 1.807) is 0 Å². The summed E-state index contributed by atoms with van der Waals surface area (Å²) >= 11 is 0. The molecule has 3 rings (SSSR count). The lowest BCUT2D eigenvalue weighted by atomic mass is 10.0. The Morgan fingerprint density at radius 2 is 2.00 bits per heavy atom. The Hall–Kier alpha value is -2.54. The van der Waals surface area contributed by atoms with Crippen LogP contribution in [-0.2, 0) is 6.54 Å². The Balaban J connectivity index is 1.55. The molecule has 146 valence electrons. The minimum Gasteiger partial charge on any atom is -0.369 e. The van der Waals surface area contributed by atoms with E-state index < -0.39 is 0 Å². The van der Waals surface area contributed by atoms with Crippen LogP contribution in [0.4, 0.5) is 16.3 Å². The van der Waals surface area contributed by atoms with Crippen molar-refractivity contribution in [3.8, 4) is 0 Å². The molecule has 0 saturated carbocycles. The number of carbonyl (C=O) groups excluding carboxylic acids is 1. The van der Waals surface area contributed by atoms with E-state index in [1.807, 2.05) is 49.1 Å². The predicted octanol–water partition coefficient (Wildman–Crippen LogP) is 2.58. The summed E-state index contributed by atoms with van der Waals surface area (Å²) in [6, 6.07) is 12.3. The predicted molar refractivity (Wildman–Crippen MR) is 109 cm³/mol. The van der Waals surface area contributed by atoms with Gasteiger partial charge in [-0.3, -0.25) is 10.00 Å². The zero-order valence-electron chi connectivity index (χ0n) is 16.5. The van der Waals surface area contributed by atoms with Gasteiger partial charge in [-0.2, -0.15) is 5.10 Å². The van der Waals surface area contributed by atoms with Crippen LogP contribution in [0, 0.1) is 0 Å². The third-order valence-corrected chi connectivity index (χ3v) is 5.04. The number of para-hydroxylation sites is 1. The number of aromatic nitrogens is 2. The fourth-order valence-electron chi connectivity index (χ4n) is 3.36. The minimum absolute atomic E-state index is 0.104. The molecule has 1 aromatic heterocycles. The molecule has 1 unspecified atom stereocenters. The van der Waals surface area contributed by atoms with Gasteiger partial charge in [0, 0.05) is 44.6 Å². The number of rotatable bonds is 6. The number of anilines is 2. The van der Waals surface area contributed by atoms with Crippen LogP contribution in [0.15, 0.2) is 42.6 Å². The molecular weight excluding hydrogens is 340 g/mol. The molecule has 0 radical (unpaired) electrons. The molecule has 1 aliphatic heterocycles. The number of benzene rings is 1. The summed E-state index contributed by atoms with van der Waals surface area (Å²) in [5.74, 6) is 0.598. The summed E-state index contributed by atoms with van der Waals surface area (Å²) in [6.07, 6.45) is 4.00. The van der Waals surface area contributed by atoms with Crippen LogP contribution >= 0.6 is 0 Å². The number of urea groups is 1. The Morgan fingerprint density at radius 1 is 1.22 bits per heavy atom. The van der Waals surface area contributed by atoms with Crippen LogP contribution in [0.2, 0.25) is 0 Å². The molecule has 2 heterocycles. The summed E-state index contributed by atoms with van der Waals surface area (Å²) < 4.78 is 1.85. The lowest BCUT2D eigenvalue weighted by Crippen LogP contribution is -2.49. The Morgan fingerprint density at radius 3 is 2.74 bits per heavy atom. The minimum atomic E-state index is -0.104. The number of piperidine rings is 1. The maximum Gasteiger partial charge on any atom is 0.323 e. The quantitative estimate of drug-likeness (QED) is 0.849. The molecule has 1 N–H and O–H groups in total. The summed E-state index contributed by atoms with van der Waals surface area (Å²) in [6.45, 7) is 3.59. The van der Waals surface area contributed by atoms with Gasteiger partial charge in [-0.15, -0.1) is 0 Å². The molecular formula is C20H30N6O. The van der Waals surface area contributed by atoms with Gasteiger partial charge in [0.15, 0.2) is 5.82 Å². The Kier molecular flexibility index (Phi) is 6.34. The van der Waals surface area contributed by atoms with Gasteiger partial charge in [0.2, 0.25) is 0 Å². The second-order valence-electron chi connectivity index (χ2n) is 7.39. The fraction of sp³-hybridized carbons (Fsp3) is 0.500. The first-order valence-corrected chi connectivity index (χ1v) is 9.55. The van der Waals surface area contributed by atoms with Crippen molar-refractivity contribution in [3.05, 3.63) is 42.6 Å². The average molecular weight is 371 g/mol. The first-order valence-electron chi connectivity index (χ1n) is 9.55. The maximum atomic E-state index is 12.7. The van der Waals surface area contributed by atoms with Crippen LogP contribution in [0.5, 0.6) is 0 Å². The number of nitrogens with zero attached hydrogens (tertiary/aromatic N) is 5. The van der Waals surface area contributed by atoms with Crippen molar-refractivity contribution in [2.24, 2.45) is 0 Å². The number of amides is 2. The van der Waals surface area contributed by atoms with Crippen molar-refractivity contribution in [3.63, 3.8) is 0 Å². The van der Waals surface area contributed by atoms with Crippen LogP contribution < -0.4 is 10.2 Å². The standard InChI is InChI=1S/C20H30N6O/c1-23(2)14-15-26-13-11-19(22-26)21-20(27)24(3)18-10-7-12-25(16-18)17-8-5-4-6-9-17/h4-6,8-9,11,13,18H,7,10,12,14-16H2,1-3H3,(H,21,22,27). The third kappa shape index (κ3) is 5.23. The number of likely N-dealkylation sites (N-methyl/N-ethyl adjacent to an activating group) is 2. The molecule has 1 atom stereocenters.